The van der Waals surface area contributed by atoms with Crippen LogP contribution in [0.2, 0.25) is 0 Å². The van der Waals surface area contributed by atoms with E-state index in [2.05, 4.69) is 0 Å². The molecule has 0 unspecified atom stereocenters. The molecule has 0 aromatic heterocycles. The summed E-state index contributed by atoms with van der Waals surface area (Å²) < 4.78 is 12.9. The van der Waals surface area contributed by atoms with Gasteiger partial charge in [-0.15, -0.1) is 0 Å². The maximum Gasteiger partial charge on any atom is 0.130 e. The van der Waals surface area contributed by atoms with Gasteiger partial charge in [-0.25, -0.2) is 4.39 Å². The van der Waals surface area contributed by atoms with Crippen LogP contribution in [0.25, 0.3) is 6.08 Å². The number of hydrogen-bond acceptors (Lipinski definition) is 0. The van der Waals surface area contributed by atoms with E-state index < -0.39 is 0 Å². The molecule has 1 aliphatic rings. The first kappa shape index (κ1) is 6.59. The molecular weight excluding hydrogens is 139 g/mol. The highest BCUT2D eigenvalue weighted by Gasteiger charge is 2.11. The molecule has 1 heteroatoms. The summed E-state index contributed by atoms with van der Waals surface area (Å²) in [5.74, 6) is -0.119. The van der Waals surface area contributed by atoms with Gasteiger partial charge < -0.3 is 0 Å². The van der Waals surface area contributed by atoms with E-state index in [1.807, 2.05) is 12.1 Å². The fourth-order valence-electron chi connectivity index (χ4n) is 1.03. The normalized spacial score (nSPS) is 14.8. The third kappa shape index (κ3) is 1.48. The number of hydrogen-bond donors (Lipinski definition) is 0. The minimum absolute atomic E-state index is 0.119. The van der Waals surface area contributed by atoms with Crippen molar-refractivity contribution in [1.29, 1.82) is 0 Å². The SMILES string of the molecule is Fc1ccccc1C=C1CC1. The highest BCUT2D eigenvalue weighted by molar-refractivity contribution is 5.56. The van der Waals surface area contributed by atoms with Gasteiger partial charge in [0.15, 0.2) is 0 Å². The van der Waals surface area contributed by atoms with Crippen molar-refractivity contribution in [3.05, 3.63) is 41.2 Å². The van der Waals surface area contributed by atoms with Crippen LogP contribution < -0.4 is 0 Å². The lowest BCUT2D eigenvalue weighted by Gasteiger charge is -1.92. The van der Waals surface area contributed by atoms with Gasteiger partial charge in [0, 0.05) is 5.56 Å². The lowest BCUT2D eigenvalue weighted by Crippen LogP contribution is -1.78. The van der Waals surface area contributed by atoms with Gasteiger partial charge in [0.25, 0.3) is 0 Å². The zero-order valence-corrected chi connectivity index (χ0v) is 6.18. The number of benzene rings is 1. The largest absolute Gasteiger partial charge is 0.206 e. The van der Waals surface area contributed by atoms with E-state index >= 15 is 0 Å². The first-order valence-electron chi connectivity index (χ1n) is 3.80. The van der Waals surface area contributed by atoms with E-state index in [9.17, 15) is 4.39 Å². The number of allylic oxidation sites excluding steroid dienone is 1. The van der Waals surface area contributed by atoms with Gasteiger partial charge in [0.1, 0.15) is 5.82 Å². The Hall–Kier alpha value is -1.11. The maximum absolute atomic E-state index is 12.9. The Labute approximate surface area is 65.4 Å². The summed E-state index contributed by atoms with van der Waals surface area (Å²) in [6.45, 7) is 0. The van der Waals surface area contributed by atoms with E-state index in [1.54, 1.807) is 12.1 Å². The van der Waals surface area contributed by atoms with Crippen LogP contribution in [-0.2, 0) is 0 Å². The summed E-state index contributed by atoms with van der Waals surface area (Å²) in [6.07, 6.45) is 4.23. The molecular formula is C10H9F. The highest BCUT2D eigenvalue weighted by Crippen LogP contribution is 2.30. The fourth-order valence-corrected chi connectivity index (χ4v) is 1.03. The van der Waals surface area contributed by atoms with Gasteiger partial charge in [-0.2, -0.15) is 0 Å². The molecule has 0 radical (unpaired) electrons. The minimum Gasteiger partial charge on any atom is -0.206 e. The van der Waals surface area contributed by atoms with Crippen molar-refractivity contribution in [1.82, 2.24) is 0 Å². The summed E-state index contributed by atoms with van der Waals surface area (Å²) in [5, 5.41) is 0. The van der Waals surface area contributed by atoms with Gasteiger partial charge >= 0.3 is 0 Å². The molecule has 0 atom stereocenters. The Kier molecular flexibility index (Phi) is 1.50. The van der Waals surface area contributed by atoms with Crippen molar-refractivity contribution >= 4 is 6.08 Å². The molecule has 0 nitrogen and oxygen atoms in total. The molecule has 0 amide bonds. The zero-order valence-electron chi connectivity index (χ0n) is 6.18. The van der Waals surface area contributed by atoms with E-state index in [0.29, 0.717) is 0 Å². The van der Waals surface area contributed by atoms with Gasteiger partial charge in [-0.05, 0) is 18.9 Å². The molecule has 1 aromatic carbocycles. The van der Waals surface area contributed by atoms with Gasteiger partial charge in [-0.3, -0.25) is 0 Å². The Bertz CT molecular complexity index is 293. The van der Waals surface area contributed by atoms with Crippen LogP contribution in [0.1, 0.15) is 18.4 Å². The summed E-state index contributed by atoms with van der Waals surface area (Å²) in [7, 11) is 0. The summed E-state index contributed by atoms with van der Waals surface area (Å²) >= 11 is 0. The van der Waals surface area contributed by atoms with Crippen LogP contribution in [0.3, 0.4) is 0 Å². The van der Waals surface area contributed by atoms with Crippen LogP contribution in [-0.4, -0.2) is 0 Å². The average Bonchev–Trinajstić information content (AvgIpc) is 2.78. The lowest BCUT2D eigenvalue weighted by molar-refractivity contribution is 0.625. The first-order chi connectivity index (χ1) is 5.36. The Morgan fingerprint density at radius 2 is 1.91 bits per heavy atom. The van der Waals surface area contributed by atoms with Crippen molar-refractivity contribution in [2.24, 2.45) is 0 Å². The highest BCUT2D eigenvalue weighted by atomic mass is 19.1. The molecule has 0 aliphatic heterocycles. The van der Waals surface area contributed by atoms with Crippen molar-refractivity contribution in [2.45, 2.75) is 12.8 Å². The Morgan fingerprint density at radius 1 is 1.18 bits per heavy atom. The zero-order chi connectivity index (χ0) is 7.68. The standard InChI is InChI=1S/C10H9F/c11-10-4-2-1-3-9(10)7-8-5-6-8/h1-4,7H,5-6H2. The molecule has 0 heterocycles. The van der Waals surface area contributed by atoms with E-state index in [1.165, 1.54) is 11.6 Å². The van der Waals surface area contributed by atoms with Crippen molar-refractivity contribution in [3.63, 3.8) is 0 Å². The summed E-state index contributed by atoms with van der Waals surface area (Å²) in [4.78, 5) is 0. The third-order valence-electron chi connectivity index (χ3n) is 1.80. The maximum atomic E-state index is 12.9. The van der Waals surface area contributed by atoms with Crippen molar-refractivity contribution < 1.29 is 4.39 Å². The third-order valence-corrected chi connectivity index (χ3v) is 1.80. The van der Waals surface area contributed by atoms with Gasteiger partial charge in [0.05, 0.1) is 0 Å². The van der Waals surface area contributed by atoms with Crippen molar-refractivity contribution in [2.75, 3.05) is 0 Å². The van der Waals surface area contributed by atoms with E-state index in [0.717, 1.165) is 18.4 Å². The molecule has 0 bridgehead atoms. The molecule has 1 fully saturated rings. The molecule has 1 aliphatic carbocycles. The van der Waals surface area contributed by atoms with Crippen LogP contribution in [0.15, 0.2) is 29.8 Å². The summed E-state index contributed by atoms with van der Waals surface area (Å²) in [6, 6.07) is 6.87. The van der Waals surface area contributed by atoms with Gasteiger partial charge in [-0.1, -0.05) is 29.8 Å². The molecule has 0 N–H and O–H groups in total. The second-order valence-corrected chi connectivity index (χ2v) is 2.82. The van der Waals surface area contributed by atoms with Crippen LogP contribution in [0.5, 0.6) is 0 Å². The quantitative estimate of drug-likeness (QED) is 0.574. The van der Waals surface area contributed by atoms with E-state index in [-0.39, 0.29) is 5.82 Å². The van der Waals surface area contributed by atoms with Gasteiger partial charge in [0.2, 0.25) is 0 Å². The summed E-state index contributed by atoms with van der Waals surface area (Å²) in [5.41, 5.74) is 2.08. The average molecular weight is 148 g/mol. The number of rotatable bonds is 1. The predicted octanol–water partition coefficient (Wildman–Crippen LogP) is 3.00. The lowest BCUT2D eigenvalue weighted by atomic mass is 10.2. The van der Waals surface area contributed by atoms with E-state index in [4.69, 9.17) is 0 Å². The molecule has 2 rings (SSSR count). The molecule has 1 saturated carbocycles. The number of halogens is 1. The molecule has 1 aromatic rings. The fraction of sp³-hybridized carbons (Fsp3) is 0.200. The Morgan fingerprint density at radius 3 is 2.55 bits per heavy atom. The first-order valence-corrected chi connectivity index (χ1v) is 3.80. The van der Waals surface area contributed by atoms with Crippen LogP contribution in [0, 0.1) is 5.82 Å². The molecule has 56 valence electrons. The predicted molar refractivity (Wildman–Crippen MR) is 43.6 cm³/mol. The minimum atomic E-state index is -0.119. The second-order valence-electron chi connectivity index (χ2n) is 2.82. The topological polar surface area (TPSA) is 0 Å². The van der Waals surface area contributed by atoms with Crippen molar-refractivity contribution in [3.8, 4) is 0 Å². The molecule has 0 saturated heterocycles. The molecule has 11 heavy (non-hydrogen) atoms. The van der Waals surface area contributed by atoms with Crippen LogP contribution in [0.4, 0.5) is 4.39 Å². The Balaban J connectivity index is 2.36. The smallest absolute Gasteiger partial charge is 0.130 e. The molecule has 0 spiro atoms. The monoisotopic (exact) mass is 148 g/mol. The van der Waals surface area contributed by atoms with Crippen LogP contribution >= 0.6 is 0 Å². The second kappa shape index (κ2) is 2.50.